The SMILES string of the molecule is COc1ccccc1N1C(=O)C(=C(C)c2ccc(F)cc2)SC1=S. The standard InChI is InChI=1S/C18H14FNO2S2/c1-11(12-7-9-13(19)10-8-12)16-17(21)20(18(23)24-16)14-5-3-4-6-15(14)22-2/h3-10H,1-2H3. The molecule has 2 aromatic carbocycles. The van der Waals surface area contributed by atoms with E-state index >= 15 is 0 Å². The lowest BCUT2D eigenvalue weighted by molar-refractivity contribution is -0.113. The van der Waals surface area contributed by atoms with E-state index in [2.05, 4.69) is 0 Å². The number of amides is 1. The number of hydrogen-bond donors (Lipinski definition) is 0. The molecule has 0 N–H and O–H groups in total. The van der Waals surface area contributed by atoms with Gasteiger partial charge in [-0.25, -0.2) is 4.39 Å². The average molecular weight is 359 g/mol. The van der Waals surface area contributed by atoms with Gasteiger partial charge in [0.15, 0.2) is 4.32 Å². The number of carbonyl (C=O) groups excluding carboxylic acids is 1. The van der Waals surface area contributed by atoms with E-state index in [4.69, 9.17) is 17.0 Å². The lowest BCUT2D eigenvalue weighted by Gasteiger charge is -2.17. The average Bonchev–Trinajstić information content (AvgIpc) is 2.89. The Kier molecular flexibility index (Phi) is 4.69. The Morgan fingerprint density at radius 2 is 1.83 bits per heavy atom. The molecule has 6 heteroatoms. The summed E-state index contributed by atoms with van der Waals surface area (Å²) in [5.41, 5.74) is 2.17. The Labute approximate surface area is 149 Å². The highest BCUT2D eigenvalue weighted by Gasteiger charge is 2.36. The maximum absolute atomic E-state index is 13.1. The molecule has 0 saturated carbocycles. The lowest BCUT2D eigenvalue weighted by atomic mass is 10.1. The fraction of sp³-hybridized carbons (Fsp3) is 0.111. The van der Waals surface area contributed by atoms with Crippen molar-refractivity contribution in [3.05, 3.63) is 64.8 Å². The normalized spacial score (nSPS) is 16.5. The van der Waals surface area contributed by atoms with Gasteiger partial charge in [0.05, 0.1) is 17.7 Å². The van der Waals surface area contributed by atoms with Crippen molar-refractivity contribution < 1.29 is 13.9 Å². The van der Waals surface area contributed by atoms with Gasteiger partial charge in [-0.3, -0.25) is 9.69 Å². The molecule has 0 spiro atoms. The molecular weight excluding hydrogens is 345 g/mol. The molecule has 1 aliphatic heterocycles. The first-order valence-electron chi connectivity index (χ1n) is 7.19. The molecule has 1 fully saturated rings. The van der Waals surface area contributed by atoms with E-state index in [0.29, 0.717) is 20.7 Å². The number of anilines is 1. The summed E-state index contributed by atoms with van der Waals surface area (Å²) in [6.07, 6.45) is 0. The van der Waals surface area contributed by atoms with Gasteiger partial charge in [0, 0.05) is 0 Å². The second-order valence-corrected chi connectivity index (χ2v) is 6.79. The number of hydrogen-bond acceptors (Lipinski definition) is 4. The first kappa shape index (κ1) is 16.7. The van der Waals surface area contributed by atoms with Gasteiger partial charge >= 0.3 is 0 Å². The number of halogens is 1. The topological polar surface area (TPSA) is 29.5 Å². The number of nitrogens with zero attached hydrogens (tertiary/aromatic N) is 1. The molecule has 122 valence electrons. The maximum atomic E-state index is 13.1. The summed E-state index contributed by atoms with van der Waals surface area (Å²) in [5.74, 6) is 0.0685. The number of ether oxygens (including phenoxy) is 1. The second kappa shape index (κ2) is 6.75. The number of carbonyl (C=O) groups is 1. The monoisotopic (exact) mass is 359 g/mol. The Morgan fingerprint density at radius 3 is 2.50 bits per heavy atom. The first-order valence-corrected chi connectivity index (χ1v) is 8.41. The minimum Gasteiger partial charge on any atom is -0.495 e. The van der Waals surface area contributed by atoms with Crippen LogP contribution >= 0.6 is 24.0 Å². The van der Waals surface area contributed by atoms with Crippen LogP contribution in [0.2, 0.25) is 0 Å². The molecule has 3 rings (SSSR count). The lowest BCUT2D eigenvalue weighted by Crippen LogP contribution is -2.28. The summed E-state index contributed by atoms with van der Waals surface area (Å²) in [7, 11) is 1.55. The zero-order valence-corrected chi connectivity index (χ0v) is 14.7. The summed E-state index contributed by atoms with van der Waals surface area (Å²) >= 11 is 6.63. The van der Waals surface area contributed by atoms with Crippen molar-refractivity contribution in [1.82, 2.24) is 0 Å². The van der Waals surface area contributed by atoms with E-state index in [-0.39, 0.29) is 11.7 Å². The zero-order chi connectivity index (χ0) is 17.3. The second-order valence-electron chi connectivity index (χ2n) is 5.14. The van der Waals surface area contributed by atoms with Crippen LogP contribution in [0.5, 0.6) is 5.75 Å². The van der Waals surface area contributed by atoms with Crippen molar-refractivity contribution in [3.63, 3.8) is 0 Å². The van der Waals surface area contributed by atoms with Crippen LogP contribution in [0, 0.1) is 5.82 Å². The predicted octanol–water partition coefficient (Wildman–Crippen LogP) is 4.63. The van der Waals surface area contributed by atoms with E-state index in [1.165, 1.54) is 28.8 Å². The van der Waals surface area contributed by atoms with Crippen LogP contribution in [0.25, 0.3) is 5.57 Å². The number of allylic oxidation sites excluding steroid dienone is 1. The van der Waals surface area contributed by atoms with Gasteiger partial charge in [-0.2, -0.15) is 0 Å². The molecule has 1 heterocycles. The van der Waals surface area contributed by atoms with Crippen LogP contribution in [-0.2, 0) is 4.79 Å². The number of benzene rings is 2. The Balaban J connectivity index is 2.03. The highest BCUT2D eigenvalue weighted by atomic mass is 32.2. The molecule has 0 bridgehead atoms. The first-order chi connectivity index (χ1) is 11.5. The molecule has 0 atom stereocenters. The molecule has 1 aliphatic rings. The molecule has 0 radical (unpaired) electrons. The van der Waals surface area contributed by atoms with Crippen molar-refractivity contribution in [2.45, 2.75) is 6.92 Å². The van der Waals surface area contributed by atoms with Gasteiger partial charge in [-0.1, -0.05) is 48.2 Å². The van der Waals surface area contributed by atoms with E-state index in [1.54, 1.807) is 31.4 Å². The van der Waals surface area contributed by atoms with Crippen LogP contribution in [0.3, 0.4) is 0 Å². The van der Waals surface area contributed by atoms with Crippen molar-refractivity contribution in [3.8, 4) is 5.75 Å². The van der Waals surface area contributed by atoms with E-state index in [0.717, 1.165) is 11.1 Å². The van der Waals surface area contributed by atoms with Crippen molar-refractivity contribution in [1.29, 1.82) is 0 Å². The van der Waals surface area contributed by atoms with Crippen LogP contribution in [0.15, 0.2) is 53.4 Å². The largest absolute Gasteiger partial charge is 0.495 e. The summed E-state index contributed by atoms with van der Waals surface area (Å²) in [6.45, 7) is 1.84. The zero-order valence-electron chi connectivity index (χ0n) is 13.1. The summed E-state index contributed by atoms with van der Waals surface area (Å²) < 4.78 is 18.9. The molecule has 0 aliphatic carbocycles. The van der Waals surface area contributed by atoms with Crippen molar-refractivity contribution >= 4 is 45.5 Å². The summed E-state index contributed by atoms with van der Waals surface area (Å²) in [6, 6.07) is 13.3. The molecule has 0 aromatic heterocycles. The minimum atomic E-state index is -0.312. The van der Waals surface area contributed by atoms with Crippen LogP contribution in [-0.4, -0.2) is 17.3 Å². The van der Waals surface area contributed by atoms with Crippen molar-refractivity contribution in [2.24, 2.45) is 0 Å². The Morgan fingerprint density at radius 1 is 1.17 bits per heavy atom. The van der Waals surface area contributed by atoms with Crippen LogP contribution in [0.4, 0.5) is 10.1 Å². The highest BCUT2D eigenvalue weighted by Crippen LogP contribution is 2.41. The quantitative estimate of drug-likeness (QED) is 0.590. The van der Waals surface area contributed by atoms with Gasteiger partial charge in [0.2, 0.25) is 0 Å². The molecular formula is C18H14FNO2S2. The number of thioether (sulfide) groups is 1. The third-order valence-electron chi connectivity index (χ3n) is 3.71. The van der Waals surface area contributed by atoms with Gasteiger partial charge in [0.1, 0.15) is 11.6 Å². The highest BCUT2D eigenvalue weighted by molar-refractivity contribution is 8.27. The van der Waals surface area contributed by atoms with E-state index in [9.17, 15) is 9.18 Å². The summed E-state index contributed by atoms with van der Waals surface area (Å²) in [5, 5.41) is 0. The molecule has 2 aromatic rings. The number of thiocarbonyl (C=S) groups is 1. The van der Waals surface area contributed by atoms with Crippen LogP contribution < -0.4 is 9.64 Å². The number of methoxy groups -OCH3 is 1. The van der Waals surface area contributed by atoms with Gasteiger partial charge < -0.3 is 4.74 Å². The van der Waals surface area contributed by atoms with E-state index < -0.39 is 0 Å². The fourth-order valence-corrected chi connectivity index (χ4v) is 3.78. The molecule has 0 unspecified atom stereocenters. The van der Waals surface area contributed by atoms with Crippen LogP contribution in [0.1, 0.15) is 12.5 Å². The number of para-hydroxylation sites is 2. The third-order valence-corrected chi connectivity index (χ3v) is 5.19. The molecule has 24 heavy (non-hydrogen) atoms. The van der Waals surface area contributed by atoms with Gasteiger partial charge in [-0.05, 0) is 42.3 Å². The molecule has 3 nitrogen and oxygen atoms in total. The fourth-order valence-electron chi connectivity index (χ4n) is 2.45. The smallest absolute Gasteiger partial charge is 0.271 e. The van der Waals surface area contributed by atoms with Gasteiger partial charge in [0.25, 0.3) is 5.91 Å². The number of rotatable bonds is 3. The summed E-state index contributed by atoms with van der Waals surface area (Å²) in [4.78, 5) is 14.9. The van der Waals surface area contributed by atoms with Crippen molar-refractivity contribution in [2.75, 3.05) is 12.0 Å². The van der Waals surface area contributed by atoms with E-state index in [1.807, 2.05) is 19.1 Å². The maximum Gasteiger partial charge on any atom is 0.271 e. The Bertz CT molecular complexity index is 846. The third kappa shape index (κ3) is 2.95. The molecule has 1 amide bonds. The minimum absolute atomic E-state index is 0.198. The Hall–Kier alpha value is -2.18. The predicted molar refractivity (Wildman–Crippen MR) is 99.7 cm³/mol. The van der Waals surface area contributed by atoms with Gasteiger partial charge in [-0.15, -0.1) is 0 Å². The molecule has 1 saturated heterocycles.